The number of amides is 1. The van der Waals surface area contributed by atoms with Crippen molar-refractivity contribution in [2.45, 2.75) is 38.4 Å². The highest BCUT2D eigenvalue weighted by atomic mass is 32.2. The number of anilines is 1. The van der Waals surface area contributed by atoms with Crippen LogP contribution in [0.25, 0.3) is 0 Å². The Morgan fingerprint density at radius 3 is 2.15 bits per heavy atom. The lowest BCUT2D eigenvalue weighted by atomic mass is 10.00. The summed E-state index contributed by atoms with van der Waals surface area (Å²) in [5.74, 6) is 2.49. The molecule has 1 aliphatic rings. The van der Waals surface area contributed by atoms with E-state index in [4.69, 9.17) is 0 Å². The summed E-state index contributed by atoms with van der Waals surface area (Å²) in [5, 5.41) is 2.72. The van der Waals surface area contributed by atoms with Crippen LogP contribution in [0.1, 0.15) is 44.0 Å². The number of benzene rings is 1. The Kier molecular flexibility index (Phi) is 4.53. The topological polar surface area (TPSA) is 46.2 Å². The summed E-state index contributed by atoms with van der Waals surface area (Å²) < 4.78 is -0.272. The first-order valence-electron chi connectivity index (χ1n) is 7.01. The maximum Gasteiger partial charge on any atom is 0.221 e. The van der Waals surface area contributed by atoms with Crippen molar-refractivity contribution < 1.29 is 9.59 Å². The summed E-state index contributed by atoms with van der Waals surface area (Å²) in [6.07, 6.45) is 2.50. The van der Waals surface area contributed by atoms with E-state index in [1.54, 1.807) is 12.1 Å². The molecule has 1 saturated heterocycles. The second kappa shape index (κ2) is 6.00. The zero-order valence-corrected chi connectivity index (χ0v) is 13.2. The van der Waals surface area contributed by atoms with Crippen LogP contribution in [-0.4, -0.2) is 27.9 Å². The molecule has 1 amide bonds. The second-order valence-electron chi connectivity index (χ2n) is 5.71. The minimum absolute atomic E-state index is 0.100. The van der Waals surface area contributed by atoms with Crippen LogP contribution in [0.5, 0.6) is 0 Å². The molecule has 0 aromatic heterocycles. The van der Waals surface area contributed by atoms with Gasteiger partial charge in [0.2, 0.25) is 11.7 Å². The van der Waals surface area contributed by atoms with Crippen molar-refractivity contribution in [3.05, 3.63) is 29.8 Å². The number of ketones is 1. The Morgan fingerprint density at radius 2 is 1.65 bits per heavy atom. The highest BCUT2D eigenvalue weighted by molar-refractivity contribution is 7.99. The maximum atomic E-state index is 12.7. The van der Waals surface area contributed by atoms with Gasteiger partial charge in [-0.15, -0.1) is 0 Å². The third-order valence-electron chi connectivity index (χ3n) is 3.77. The molecule has 2 rings (SSSR count). The number of Topliss-reactive ketones (excluding diaryl/α,β-unsaturated/α-hetero) is 1. The first-order chi connectivity index (χ1) is 9.41. The molecular formula is C16H22NO2S+. The molecular weight excluding hydrogens is 270 g/mol. The molecule has 1 fully saturated rings. The number of carbonyl (C=O) groups excluding carboxylic acids is 2. The van der Waals surface area contributed by atoms with Crippen molar-refractivity contribution in [1.29, 1.82) is 0 Å². The van der Waals surface area contributed by atoms with Gasteiger partial charge in [-0.25, -0.2) is 0 Å². The molecule has 0 atom stereocenters. The highest BCUT2D eigenvalue weighted by Gasteiger charge is 2.46. The van der Waals surface area contributed by atoms with E-state index < -0.39 is 0 Å². The van der Waals surface area contributed by atoms with Gasteiger partial charge in [-0.1, -0.05) is 0 Å². The van der Waals surface area contributed by atoms with Crippen molar-refractivity contribution in [3.63, 3.8) is 0 Å². The third kappa shape index (κ3) is 3.23. The Labute approximate surface area is 123 Å². The van der Waals surface area contributed by atoms with Gasteiger partial charge in [-0.2, -0.15) is 0 Å². The lowest BCUT2D eigenvalue weighted by Crippen LogP contribution is -2.41. The first kappa shape index (κ1) is 15.1. The smallest absolute Gasteiger partial charge is 0.221 e. The van der Waals surface area contributed by atoms with Crippen molar-refractivity contribution in [2.24, 2.45) is 0 Å². The van der Waals surface area contributed by atoms with Crippen molar-refractivity contribution in [1.82, 2.24) is 0 Å². The van der Waals surface area contributed by atoms with Gasteiger partial charge in [-0.3, -0.25) is 9.59 Å². The molecule has 1 aromatic rings. The zero-order chi connectivity index (χ0) is 14.8. The largest absolute Gasteiger partial charge is 0.326 e. The standard InChI is InChI=1S/C16H21NO2S/c1-12(18)17-14-8-6-13(7-9-14)15(19)16(2,3)20-10-4-5-11-20/h6-9H,4-5,10-11H2,1-3H3/p+1. The number of hydrogen-bond donors (Lipinski definition) is 1. The number of rotatable bonds is 4. The summed E-state index contributed by atoms with van der Waals surface area (Å²) >= 11 is 0. The average Bonchev–Trinajstić information content (AvgIpc) is 2.92. The molecule has 1 N–H and O–H groups in total. The van der Waals surface area contributed by atoms with E-state index in [0.717, 1.165) is 11.3 Å². The molecule has 4 heteroatoms. The summed E-state index contributed by atoms with van der Waals surface area (Å²) in [6, 6.07) is 7.22. The SMILES string of the molecule is CC(=O)Nc1ccc(C(=O)C(C)(C)[S+]2CCCC2)cc1. The fourth-order valence-electron chi connectivity index (χ4n) is 2.55. The van der Waals surface area contributed by atoms with E-state index in [-0.39, 0.29) is 27.3 Å². The van der Waals surface area contributed by atoms with Gasteiger partial charge in [0, 0.05) is 29.1 Å². The van der Waals surface area contributed by atoms with Crippen LogP contribution in [0.2, 0.25) is 0 Å². The van der Waals surface area contributed by atoms with E-state index in [1.165, 1.54) is 31.3 Å². The fourth-order valence-corrected chi connectivity index (χ4v) is 5.26. The molecule has 0 bridgehead atoms. The predicted molar refractivity (Wildman–Crippen MR) is 85.5 cm³/mol. The molecule has 0 spiro atoms. The molecule has 0 radical (unpaired) electrons. The van der Waals surface area contributed by atoms with Gasteiger partial charge in [0.25, 0.3) is 0 Å². The Morgan fingerprint density at radius 1 is 1.10 bits per heavy atom. The first-order valence-corrected chi connectivity index (χ1v) is 8.57. The normalized spacial score (nSPS) is 16.1. The fraction of sp³-hybridized carbons (Fsp3) is 0.500. The maximum absolute atomic E-state index is 12.7. The van der Waals surface area contributed by atoms with Gasteiger partial charge < -0.3 is 5.32 Å². The van der Waals surface area contributed by atoms with Gasteiger partial charge >= 0.3 is 0 Å². The van der Waals surface area contributed by atoms with Gasteiger partial charge in [0.1, 0.15) is 11.5 Å². The van der Waals surface area contributed by atoms with E-state index in [9.17, 15) is 9.59 Å². The van der Waals surface area contributed by atoms with Gasteiger partial charge in [0.15, 0.2) is 4.75 Å². The molecule has 1 heterocycles. The van der Waals surface area contributed by atoms with Crippen LogP contribution in [0, 0.1) is 0 Å². The number of carbonyl (C=O) groups is 2. The van der Waals surface area contributed by atoms with Crippen molar-refractivity contribution >= 4 is 28.3 Å². The lowest BCUT2D eigenvalue weighted by molar-refractivity contribution is -0.114. The minimum Gasteiger partial charge on any atom is -0.326 e. The summed E-state index contributed by atoms with van der Waals surface area (Å²) in [7, 11) is 0.198. The van der Waals surface area contributed by atoms with Crippen LogP contribution in [0.4, 0.5) is 5.69 Å². The van der Waals surface area contributed by atoms with Crippen LogP contribution >= 0.6 is 0 Å². The summed E-state index contributed by atoms with van der Waals surface area (Å²) in [4.78, 5) is 23.7. The number of hydrogen-bond acceptors (Lipinski definition) is 2. The van der Waals surface area contributed by atoms with Crippen LogP contribution < -0.4 is 5.32 Å². The molecule has 1 aliphatic heterocycles. The number of nitrogens with one attached hydrogen (secondary N) is 1. The van der Waals surface area contributed by atoms with Crippen molar-refractivity contribution in [2.75, 3.05) is 16.8 Å². The Hall–Kier alpha value is -1.29. The molecule has 1 aromatic carbocycles. The van der Waals surface area contributed by atoms with Crippen LogP contribution in [0.3, 0.4) is 0 Å². The second-order valence-corrected chi connectivity index (χ2v) is 8.53. The zero-order valence-electron chi connectivity index (χ0n) is 12.4. The molecule has 3 nitrogen and oxygen atoms in total. The van der Waals surface area contributed by atoms with E-state index in [2.05, 4.69) is 19.2 Å². The molecule has 0 saturated carbocycles. The minimum atomic E-state index is -0.272. The third-order valence-corrected chi connectivity index (χ3v) is 6.96. The lowest BCUT2D eigenvalue weighted by Gasteiger charge is -2.21. The molecule has 0 unspecified atom stereocenters. The highest BCUT2D eigenvalue weighted by Crippen LogP contribution is 2.30. The summed E-state index contributed by atoms with van der Waals surface area (Å²) in [6.45, 7) is 5.63. The van der Waals surface area contributed by atoms with E-state index in [0.29, 0.717) is 0 Å². The Bertz CT molecular complexity index is 502. The van der Waals surface area contributed by atoms with Crippen LogP contribution in [0.15, 0.2) is 24.3 Å². The molecule has 0 aliphatic carbocycles. The molecule has 20 heavy (non-hydrogen) atoms. The summed E-state index contributed by atoms with van der Waals surface area (Å²) in [5.41, 5.74) is 1.47. The van der Waals surface area contributed by atoms with Gasteiger partial charge in [0.05, 0.1) is 0 Å². The van der Waals surface area contributed by atoms with E-state index in [1.807, 2.05) is 12.1 Å². The molecule has 108 valence electrons. The quantitative estimate of drug-likeness (QED) is 0.685. The van der Waals surface area contributed by atoms with Crippen LogP contribution in [-0.2, 0) is 15.7 Å². The van der Waals surface area contributed by atoms with E-state index >= 15 is 0 Å². The predicted octanol–water partition coefficient (Wildman–Crippen LogP) is 3.02. The average molecular weight is 292 g/mol. The Balaban J connectivity index is 2.13. The van der Waals surface area contributed by atoms with Gasteiger partial charge in [-0.05, 0) is 51.0 Å². The van der Waals surface area contributed by atoms with Crippen molar-refractivity contribution in [3.8, 4) is 0 Å². The monoisotopic (exact) mass is 292 g/mol.